The topological polar surface area (TPSA) is 61.9 Å². The molecule has 7 heteroatoms. The summed E-state index contributed by atoms with van der Waals surface area (Å²) in [6, 6.07) is 4.71. The van der Waals surface area contributed by atoms with Gasteiger partial charge in [0.25, 0.3) is 0 Å². The zero-order valence-corrected chi connectivity index (χ0v) is 17.3. The van der Waals surface area contributed by atoms with Gasteiger partial charge in [-0.15, -0.1) is 0 Å². The summed E-state index contributed by atoms with van der Waals surface area (Å²) in [6.07, 6.45) is 7.43. The number of nitrogens with one attached hydrogen (secondary N) is 1. The SMILES string of the molecule is COC(=O)c1cc(NC(=O)N2CCC(CN3CCCCCC3)CC2)ccc1Cl. The van der Waals surface area contributed by atoms with Crippen LogP contribution >= 0.6 is 11.6 Å². The largest absolute Gasteiger partial charge is 0.465 e. The lowest BCUT2D eigenvalue weighted by molar-refractivity contribution is 0.0601. The molecule has 28 heavy (non-hydrogen) atoms. The summed E-state index contributed by atoms with van der Waals surface area (Å²) in [6.45, 7) is 5.14. The first-order valence-electron chi connectivity index (χ1n) is 10.2. The summed E-state index contributed by atoms with van der Waals surface area (Å²) in [7, 11) is 1.31. The number of nitrogens with zero attached hydrogens (tertiary/aromatic N) is 2. The number of halogens is 1. The van der Waals surface area contributed by atoms with Crippen LogP contribution in [-0.4, -0.2) is 61.6 Å². The van der Waals surface area contributed by atoms with E-state index < -0.39 is 5.97 Å². The molecule has 2 aliphatic heterocycles. The predicted octanol–water partition coefficient (Wildman–Crippen LogP) is 4.25. The van der Waals surface area contributed by atoms with Crippen LogP contribution in [0.15, 0.2) is 18.2 Å². The van der Waals surface area contributed by atoms with Gasteiger partial charge in [0, 0.05) is 25.3 Å². The number of piperidine rings is 1. The predicted molar refractivity (Wildman–Crippen MR) is 111 cm³/mol. The number of hydrogen-bond donors (Lipinski definition) is 1. The van der Waals surface area contributed by atoms with Crippen LogP contribution in [0.2, 0.25) is 5.02 Å². The first-order chi connectivity index (χ1) is 13.6. The van der Waals surface area contributed by atoms with Crippen molar-refractivity contribution in [1.82, 2.24) is 9.80 Å². The smallest absolute Gasteiger partial charge is 0.339 e. The molecule has 0 saturated carbocycles. The van der Waals surface area contributed by atoms with E-state index in [0.717, 1.165) is 32.5 Å². The van der Waals surface area contributed by atoms with Crippen LogP contribution in [0.5, 0.6) is 0 Å². The van der Waals surface area contributed by atoms with Crippen LogP contribution in [-0.2, 0) is 4.74 Å². The quantitative estimate of drug-likeness (QED) is 0.758. The third kappa shape index (κ3) is 5.61. The van der Waals surface area contributed by atoms with Gasteiger partial charge in [0.05, 0.1) is 17.7 Å². The molecule has 0 unspecified atom stereocenters. The molecule has 2 saturated heterocycles. The van der Waals surface area contributed by atoms with Crippen LogP contribution in [0.4, 0.5) is 10.5 Å². The highest BCUT2D eigenvalue weighted by Crippen LogP contribution is 2.24. The van der Waals surface area contributed by atoms with Gasteiger partial charge in [-0.05, 0) is 62.9 Å². The number of anilines is 1. The first kappa shape index (κ1) is 20.9. The highest BCUT2D eigenvalue weighted by Gasteiger charge is 2.25. The molecule has 0 radical (unpaired) electrons. The molecule has 3 rings (SSSR count). The molecule has 2 fully saturated rings. The van der Waals surface area contributed by atoms with Gasteiger partial charge in [-0.1, -0.05) is 24.4 Å². The number of hydrogen-bond acceptors (Lipinski definition) is 4. The van der Waals surface area contributed by atoms with Crippen molar-refractivity contribution in [2.24, 2.45) is 5.92 Å². The maximum absolute atomic E-state index is 12.6. The molecule has 1 aromatic rings. The van der Waals surface area contributed by atoms with Crippen LogP contribution in [0.1, 0.15) is 48.9 Å². The lowest BCUT2D eigenvalue weighted by atomic mass is 9.96. The minimum Gasteiger partial charge on any atom is -0.465 e. The normalized spacial score (nSPS) is 19.1. The van der Waals surface area contributed by atoms with Gasteiger partial charge in [0.1, 0.15) is 0 Å². The van der Waals surface area contributed by atoms with E-state index in [1.807, 2.05) is 4.90 Å². The fourth-order valence-electron chi connectivity index (χ4n) is 4.07. The third-order valence-corrected chi connectivity index (χ3v) is 6.07. The van der Waals surface area contributed by atoms with Gasteiger partial charge in [0.15, 0.2) is 0 Å². The van der Waals surface area contributed by atoms with Crippen molar-refractivity contribution in [3.63, 3.8) is 0 Å². The maximum atomic E-state index is 12.6. The van der Waals surface area contributed by atoms with Gasteiger partial charge in [-0.3, -0.25) is 0 Å². The van der Waals surface area contributed by atoms with E-state index in [4.69, 9.17) is 16.3 Å². The van der Waals surface area contributed by atoms with Gasteiger partial charge < -0.3 is 19.9 Å². The number of amides is 2. The van der Waals surface area contributed by atoms with Crippen molar-refractivity contribution in [2.75, 3.05) is 45.2 Å². The van der Waals surface area contributed by atoms with Crippen molar-refractivity contribution >= 4 is 29.3 Å². The summed E-state index contributed by atoms with van der Waals surface area (Å²) < 4.78 is 4.72. The molecule has 1 aromatic carbocycles. The highest BCUT2D eigenvalue weighted by atomic mass is 35.5. The van der Waals surface area contributed by atoms with Crippen molar-refractivity contribution < 1.29 is 14.3 Å². The Morgan fingerprint density at radius 3 is 2.43 bits per heavy atom. The first-order valence-corrected chi connectivity index (χ1v) is 10.6. The fourth-order valence-corrected chi connectivity index (χ4v) is 4.27. The van der Waals surface area contributed by atoms with Gasteiger partial charge >= 0.3 is 12.0 Å². The molecule has 0 atom stereocenters. The summed E-state index contributed by atoms with van der Waals surface area (Å²) in [4.78, 5) is 28.8. The molecule has 0 bridgehead atoms. The average Bonchev–Trinajstić information content (AvgIpc) is 2.98. The van der Waals surface area contributed by atoms with E-state index >= 15 is 0 Å². The maximum Gasteiger partial charge on any atom is 0.339 e. The number of benzene rings is 1. The molecule has 1 N–H and O–H groups in total. The molecular formula is C21H30ClN3O3. The molecule has 6 nitrogen and oxygen atoms in total. The van der Waals surface area contributed by atoms with E-state index in [1.165, 1.54) is 45.9 Å². The molecule has 2 amide bonds. The van der Waals surface area contributed by atoms with Crippen molar-refractivity contribution in [3.8, 4) is 0 Å². The molecule has 2 aliphatic rings. The number of esters is 1. The Kier molecular flexibility index (Phi) is 7.57. The summed E-state index contributed by atoms with van der Waals surface area (Å²) in [5, 5.41) is 3.18. The van der Waals surface area contributed by atoms with Crippen molar-refractivity contribution in [1.29, 1.82) is 0 Å². The van der Waals surface area contributed by atoms with Crippen LogP contribution in [0.25, 0.3) is 0 Å². The number of rotatable bonds is 4. The minimum atomic E-state index is -0.518. The average molecular weight is 408 g/mol. The Morgan fingerprint density at radius 2 is 1.79 bits per heavy atom. The fraction of sp³-hybridized carbons (Fsp3) is 0.619. The third-order valence-electron chi connectivity index (χ3n) is 5.74. The van der Waals surface area contributed by atoms with Crippen LogP contribution in [0, 0.1) is 5.92 Å². The second-order valence-corrected chi connectivity index (χ2v) is 8.17. The Balaban J connectivity index is 1.49. The number of carbonyl (C=O) groups excluding carboxylic acids is 2. The Labute approximate surface area is 172 Å². The minimum absolute atomic E-state index is 0.133. The number of likely N-dealkylation sites (tertiary alicyclic amines) is 2. The summed E-state index contributed by atoms with van der Waals surface area (Å²) in [5.74, 6) is 0.152. The van der Waals surface area contributed by atoms with Crippen LogP contribution in [0.3, 0.4) is 0 Å². The number of carbonyl (C=O) groups is 2. The van der Waals surface area contributed by atoms with Crippen molar-refractivity contribution in [2.45, 2.75) is 38.5 Å². The van der Waals surface area contributed by atoms with Gasteiger partial charge in [-0.25, -0.2) is 9.59 Å². The van der Waals surface area contributed by atoms with E-state index in [2.05, 4.69) is 10.2 Å². The zero-order chi connectivity index (χ0) is 19.9. The monoisotopic (exact) mass is 407 g/mol. The molecular weight excluding hydrogens is 378 g/mol. The zero-order valence-electron chi connectivity index (χ0n) is 16.6. The van der Waals surface area contributed by atoms with E-state index in [1.54, 1.807) is 18.2 Å². The molecule has 0 aromatic heterocycles. The molecule has 154 valence electrons. The number of ether oxygens (including phenoxy) is 1. The summed E-state index contributed by atoms with van der Waals surface area (Å²) >= 11 is 6.03. The Bertz CT molecular complexity index is 681. The van der Waals surface area contributed by atoms with E-state index in [0.29, 0.717) is 16.6 Å². The second kappa shape index (κ2) is 10.1. The summed E-state index contributed by atoms with van der Waals surface area (Å²) in [5.41, 5.74) is 0.791. The van der Waals surface area contributed by atoms with Gasteiger partial charge in [-0.2, -0.15) is 0 Å². The number of urea groups is 1. The lowest BCUT2D eigenvalue weighted by Gasteiger charge is -2.34. The van der Waals surface area contributed by atoms with Crippen molar-refractivity contribution in [3.05, 3.63) is 28.8 Å². The Hall–Kier alpha value is -1.79. The molecule has 0 aliphatic carbocycles. The molecule has 0 spiro atoms. The standard InChI is InChI=1S/C21H30ClN3O3/c1-28-20(26)18-14-17(6-7-19(18)22)23-21(27)25-12-8-16(9-13-25)15-24-10-4-2-3-5-11-24/h6-7,14,16H,2-5,8-13,15H2,1H3,(H,23,27). The van der Waals surface area contributed by atoms with E-state index in [-0.39, 0.29) is 11.6 Å². The van der Waals surface area contributed by atoms with Gasteiger partial charge in [0.2, 0.25) is 0 Å². The second-order valence-electron chi connectivity index (χ2n) is 7.76. The number of methoxy groups -OCH3 is 1. The van der Waals surface area contributed by atoms with E-state index in [9.17, 15) is 9.59 Å². The lowest BCUT2D eigenvalue weighted by Crippen LogP contribution is -2.43. The Morgan fingerprint density at radius 1 is 1.11 bits per heavy atom. The molecule has 2 heterocycles. The van der Waals surface area contributed by atoms with Crippen LogP contribution < -0.4 is 5.32 Å². The highest BCUT2D eigenvalue weighted by molar-refractivity contribution is 6.33.